The number of nitrogens with two attached hydrogens (primary N) is 1. The van der Waals surface area contributed by atoms with E-state index in [4.69, 9.17) is 5.73 Å². The maximum Gasteiger partial charge on any atom is 0.0306 e. The van der Waals surface area contributed by atoms with Crippen molar-refractivity contribution in [2.24, 2.45) is 11.7 Å². The fourth-order valence-corrected chi connectivity index (χ4v) is 3.21. The summed E-state index contributed by atoms with van der Waals surface area (Å²) in [4.78, 5) is 5.04. The van der Waals surface area contributed by atoms with Gasteiger partial charge in [-0.1, -0.05) is 12.8 Å². The normalized spacial score (nSPS) is 30.5. The Labute approximate surface area is 106 Å². The van der Waals surface area contributed by atoms with Gasteiger partial charge in [-0.2, -0.15) is 0 Å². The highest BCUT2D eigenvalue weighted by Gasteiger charge is 2.38. The van der Waals surface area contributed by atoms with Gasteiger partial charge < -0.3 is 10.6 Å². The predicted molar refractivity (Wildman–Crippen MR) is 73.1 cm³/mol. The van der Waals surface area contributed by atoms with Gasteiger partial charge in [0.25, 0.3) is 0 Å². The average Bonchev–Trinajstić information content (AvgIpc) is 3.11. The monoisotopic (exact) mass is 239 g/mol. The number of likely N-dealkylation sites (N-methyl/N-ethyl adjacent to an activating group) is 2. The molecule has 1 aliphatic heterocycles. The van der Waals surface area contributed by atoms with Gasteiger partial charge in [-0.3, -0.25) is 4.90 Å². The third-order valence-electron chi connectivity index (χ3n) is 4.86. The van der Waals surface area contributed by atoms with Gasteiger partial charge in [-0.15, -0.1) is 0 Å². The van der Waals surface area contributed by atoms with Crippen molar-refractivity contribution in [2.75, 3.05) is 33.7 Å². The highest BCUT2D eigenvalue weighted by atomic mass is 15.3. The molecule has 3 nitrogen and oxygen atoms in total. The van der Waals surface area contributed by atoms with Crippen molar-refractivity contribution < 1.29 is 0 Å². The van der Waals surface area contributed by atoms with Crippen LogP contribution in [0.1, 0.15) is 39.0 Å². The molecular formula is C14H29N3. The van der Waals surface area contributed by atoms with Gasteiger partial charge in [0.1, 0.15) is 0 Å². The number of likely N-dealkylation sites (tertiary alicyclic amines) is 1. The Morgan fingerprint density at radius 3 is 2.59 bits per heavy atom. The molecule has 1 heterocycles. The van der Waals surface area contributed by atoms with Crippen LogP contribution >= 0.6 is 0 Å². The Kier molecular flexibility index (Phi) is 4.11. The van der Waals surface area contributed by atoms with Gasteiger partial charge in [-0.25, -0.2) is 0 Å². The zero-order valence-corrected chi connectivity index (χ0v) is 11.8. The van der Waals surface area contributed by atoms with E-state index in [0.717, 1.165) is 12.5 Å². The highest BCUT2D eigenvalue weighted by molar-refractivity contribution is 4.95. The second kappa shape index (κ2) is 5.25. The van der Waals surface area contributed by atoms with E-state index in [2.05, 4.69) is 30.8 Å². The van der Waals surface area contributed by atoms with Gasteiger partial charge >= 0.3 is 0 Å². The smallest absolute Gasteiger partial charge is 0.0306 e. The quantitative estimate of drug-likeness (QED) is 0.790. The molecular weight excluding hydrogens is 210 g/mol. The molecule has 0 aromatic carbocycles. The SMILES string of the molecule is CN1CCCC(N(C)C(C)(CN)CC2CC2)C1. The molecule has 1 saturated carbocycles. The van der Waals surface area contributed by atoms with Crippen molar-refractivity contribution >= 4 is 0 Å². The summed E-state index contributed by atoms with van der Waals surface area (Å²) in [6.07, 6.45) is 6.80. The molecule has 2 unspecified atom stereocenters. The second-order valence-electron chi connectivity index (χ2n) is 6.52. The molecule has 0 radical (unpaired) electrons. The third-order valence-corrected chi connectivity index (χ3v) is 4.86. The molecule has 2 atom stereocenters. The number of piperidine rings is 1. The molecule has 3 heteroatoms. The lowest BCUT2D eigenvalue weighted by atomic mass is 9.90. The minimum Gasteiger partial charge on any atom is -0.329 e. The first kappa shape index (κ1) is 13.3. The van der Waals surface area contributed by atoms with Crippen LogP contribution in [-0.2, 0) is 0 Å². The number of hydrogen-bond donors (Lipinski definition) is 1. The molecule has 0 spiro atoms. The summed E-state index contributed by atoms with van der Waals surface area (Å²) in [5, 5.41) is 0. The van der Waals surface area contributed by atoms with Crippen LogP contribution in [0.3, 0.4) is 0 Å². The van der Waals surface area contributed by atoms with Crippen LogP contribution in [0, 0.1) is 5.92 Å². The first-order valence-electron chi connectivity index (χ1n) is 7.17. The lowest BCUT2D eigenvalue weighted by Crippen LogP contribution is -2.57. The maximum atomic E-state index is 6.07. The minimum absolute atomic E-state index is 0.212. The molecule has 0 aromatic heterocycles. The van der Waals surface area contributed by atoms with Gasteiger partial charge in [-0.05, 0) is 52.7 Å². The number of rotatable bonds is 5. The van der Waals surface area contributed by atoms with Crippen LogP contribution in [0.15, 0.2) is 0 Å². The van der Waals surface area contributed by atoms with Crippen molar-refractivity contribution in [1.29, 1.82) is 0 Å². The summed E-state index contributed by atoms with van der Waals surface area (Å²) in [5.74, 6) is 0.951. The van der Waals surface area contributed by atoms with Crippen LogP contribution in [0.4, 0.5) is 0 Å². The molecule has 2 aliphatic rings. The Bertz CT molecular complexity index is 252. The van der Waals surface area contributed by atoms with E-state index < -0.39 is 0 Å². The second-order valence-corrected chi connectivity index (χ2v) is 6.52. The molecule has 0 aromatic rings. The molecule has 2 fully saturated rings. The van der Waals surface area contributed by atoms with Crippen molar-refractivity contribution in [1.82, 2.24) is 9.80 Å². The van der Waals surface area contributed by atoms with E-state index in [1.165, 1.54) is 45.2 Å². The molecule has 2 N–H and O–H groups in total. The molecule has 100 valence electrons. The fraction of sp³-hybridized carbons (Fsp3) is 1.00. The lowest BCUT2D eigenvalue weighted by Gasteiger charge is -2.46. The minimum atomic E-state index is 0.212. The zero-order valence-electron chi connectivity index (χ0n) is 11.8. The summed E-state index contributed by atoms with van der Waals surface area (Å²) in [6.45, 7) is 5.61. The van der Waals surface area contributed by atoms with Gasteiger partial charge in [0.05, 0.1) is 0 Å². The summed E-state index contributed by atoms with van der Waals surface area (Å²) in [5.41, 5.74) is 6.28. The molecule has 0 amide bonds. The Morgan fingerprint density at radius 2 is 2.06 bits per heavy atom. The van der Waals surface area contributed by atoms with Gasteiger partial charge in [0, 0.05) is 24.7 Å². The molecule has 1 aliphatic carbocycles. The van der Waals surface area contributed by atoms with Crippen molar-refractivity contribution in [3.8, 4) is 0 Å². The highest BCUT2D eigenvalue weighted by Crippen LogP contribution is 2.39. The van der Waals surface area contributed by atoms with Crippen LogP contribution in [0.2, 0.25) is 0 Å². The van der Waals surface area contributed by atoms with E-state index in [1.807, 2.05) is 0 Å². The summed E-state index contributed by atoms with van der Waals surface area (Å²) >= 11 is 0. The number of nitrogens with zero attached hydrogens (tertiary/aromatic N) is 2. The third kappa shape index (κ3) is 3.21. The first-order chi connectivity index (χ1) is 8.05. The number of hydrogen-bond acceptors (Lipinski definition) is 3. The Hall–Kier alpha value is -0.120. The van der Waals surface area contributed by atoms with Crippen LogP contribution in [0.25, 0.3) is 0 Å². The fourth-order valence-electron chi connectivity index (χ4n) is 3.21. The maximum absolute atomic E-state index is 6.07. The van der Waals surface area contributed by atoms with Crippen LogP contribution in [-0.4, -0.2) is 55.1 Å². The van der Waals surface area contributed by atoms with E-state index in [1.54, 1.807) is 0 Å². The zero-order chi connectivity index (χ0) is 12.5. The van der Waals surface area contributed by atoms with Crippen LogP contribution < -0.4 is 5.73 Å². The van der Waals surface area contributed by atoms with E-state index in [9.17, 15) is 0 Å². The summed E-state index contributed by atoms with van der Waals surface area (Å²) in [6, 6.07) is 0.695. The van der Waals surface area contributed by atoms with E-state index in [-0.39, 0.29) is 5.54 Å². The van der Waals surface area contributed by atoms with Gasteiger partial charge in [0.15, 0.2) is 0 Å². The van der Waals surface area contributed by atoms with Crippen LogP contribution in [0.5, 0.6) is 0 Å². The van der Waals surface area contributed by atoms with Crippen molar-refractivity contribution in [2.45, 2.75) is 50.6 Å². The van der Waals surface area contributed by atoms with Gasteiger partial charge in [0.2, 0.25) is 0 Å². The largest absolute Gasteiger partial charge is 0.329 e. The predicted octanol–water partition coefficient (Wildman–Crippen LogP) is 1.53. The molecule has 17 heavy (non-hydrogen) atoms. The van der Waals surface area contributed by atoms with E-state index in [0.29, 0.717) is 6.04 Å². The molecule has 1 saturated heterocycles. The topological polar surface area (TPSA) is 32.5 Å². The summed E-state index contributed by atoms with van der Waals surface area (Å²) in [7, 11) is 4.53. The summed E-state index contributed by atoms with van der Waals surface area (Å²) < 4.78 is 0. The Balaban J connectivity index is 1.96. The average molecular weight is 239 g/mol. The van der Waals surface area contributed by atoms with Crippen molar-refractivity contribution in [3.63, 3.8) is 0 Å². The van der Waals surface area contributed by atoms with Crippen molar-refractivity contribution in [3.05, 3.63) is 0 Å². The first-order valence-corrected chi connectivity index (χ1v) is 7.17. The van der Waals surface area contributed by atoms with E-state index >= 15 is 0 Å². The Morgan fingerprint density at radius 1 is 1.35 bits per heavy atom. The standard InChI is InChI=1S/C14H29N3/c1-14(11-15,9-12-6-7-12)17(3)13-5-4-8-16(2)10-13/h12-13H,4-11,15H2,1-3H3. The lowest BCUT2D eigenvalue weighted by molar-refractivity contribution is 0.0403. The molecule has 2 rings (SSSR count). The molecule has 0 bridgehead atoms.